The first kappa shape index (κ1) is 28.9. The lowest BCUT2D eigenvalue weighted by atomic mass is 9.73. The average molecular weight is 495 g/mol. The molecule has 8 nitrogen and oxygen atoms in total. The molecule has 0 aliphatic carbocycles. The molecular weight excluding hydrogens is 455 g/mol. The molecule has 2 rings (SSSR count). The molecule has 0 saturated heterocycles. The Morgan fingerprint density at radius 3 is 2.63 bits per heavy atom. The van der Waals surface area contributed by atoms with E-state index in [1.54, 1.807) is 6.92 Å². The van der Waals surface area contributed by atoms with E-state index in [9.17, 15) is 19.8 Å². The number of ether oxygens (including phenoxy) is 1. The quantitative estimate of drug-likeness (QED) is 0.426. The van der Waals surface area contributed by atoms with Gasteiger partial charge in [0, 0.05) is 18.4 Å². The molecular formula is C26H39FN2O6. The van der Waals surface area contributed by atoms with Crippen LogP contribution in [0.2, 0.25) is 0 Å². The van der Waals surface area contributed by atoms with E-state index in [-0.39, 0.29) is 36.3 Å². The Labute approximate surface area is 206 Å². The predicted octanol–water partition coefficient (Wildman–Crippen LogP) is 3.86. The SMILES string of the molecule is CC1=CC[C@@H](C(F)=Cc2coc(CN)n2)OC(=O)C[C@H](O)C(C)(C)C(=O)[C@H](C)[C@@H](O)[C@@H](C)CCC1. The van der Waals surface area contributed by atoms with E-state index >= 15 is 4.39 Å². The molecule has 5 atom stereocenters. The number of oxazole rings is 1. The summed E-state index contributed by atoms with van der Waals surface area (Å²) in [5.41, 5.74) is 5.36. The van der Waals surface area contributed by atoms with E-state index in [1.807, 2.05) is 19.9 Å². The number of Topliss-reactive ketones (excluding diaryl/α,β-unsaturated/α-hetero) is 1. The minimum atomic E-state index is -1.37. The smallest absolute Gasteiger partial charge is 0.309 e. The molecule has 0 bridgehead atoms. The standard InChI is InChI=1S/C26H39FN2O6/c1-15-7-6-8-16(2)24(32)17(3)25(33)26(4,5)21(30)12-23(31)35-20(10-9-15)19(27)11-18-14-34-22(13-28)29-18/h9,11,14,16-17,20-21,24,30,32H,6-8,10,12-13,28H2,1-5H3/t16-,17+,20-,21-,24-/m0/s1. The van der Waals surface area contributed by atoms with Crippen molar-refractivity contribution in [3.63, 3.8) is 0 Å². The summed E-state index contributed by atoms with van der Waals surface area (Å²) in [4.78, 5) is 29.8. The molecule has 2 heterocycles. The number of nitrogens with zero attached hydrogens (tertiary/aromatic N) is 1. The average Bonchev–Trinajstić information content (AvgIpc) is 3.26. The second-order valence-electron chi connectivity index (χ2n) is 10.1. The second-order valence-corrected chi connectivity index (χ2v) is 10.1. The first-order valence-electron chi connectivity index (χ1n) is 12.1. The lowest BCUT2D eigenvalue weighted by Gasteiger charge is -2.34. The van der Waals surface area contributed by atoms with Crippen LogP contribution in [0.3, 0.4) is 0 Å². The van der Waals surface area contributed by atoms with Crippen molar-refractivity contribution in [3.05, 3.63) is 35.3 Å². The van der Waals surface area contributed by atoms with Crippen LogP contribution in [0.5, 0.6) is 0 Å². The summed E-state index contributed by atoms with van der Waals surface area (Å²) < 4.78 is 25.7. The normalized spacial score (nSPS) is 30.0. The number of carbonyl (C=O) groups is 2. The number of ketones is 1. The fourth-order valence-corrected chi connectivity index (χ4v) is 4.24. The molecule has 0 spiro atoms. The molecule has 196 valence electrons. The van der Waals surface area contributed by atoms with Gasteiger partial charge >= 0.3 is 5.97 Å². The van der Waals surface area contributed by atoms with Crippen LogP contribution in [0.15, 0.2) is 28.2 Å². The van der Waals surface area contributed by atoms with Gasteiger partial charge < -0.3 is 25.1 Å². The molecule has 1 aliphatic rings. The van der Waals surface area contributed by atoms with Gasteiger partial charge in [-0.2, -0.15) is 0 Å². The molecule has 9 heteroatoms. The van der Waals surface area contributed by atoms with Crippen molar-refractivity contribution in [3.8, 4) is 0 Å². The van der Waals surface area contributed by atoms with Crippen molar-refractivity contribution in [2.24, 2.45) is 23.0 Å². The Kier molecular flexibility index (Phi) is 10.4. The third-order valence-electron chi connectivity index (χ3n) is 6.86. The summed E-state index contributed by atoms with van der Waals surface area (Å²) in [5, 5.41) is 21.5. The monoisotopic (exact) mass is 494 g/mol. The largest absolute Gasteiger partial charge is 0.455 e. The van der Waals surface area contributed by atoms with Crippen molar-refractivity contribution in [2.75, 3.05) is 0 Å². The number of rotatable bonds is 3. The van der Waals surface area contributed by atoms with Crippen molar-refractivity contribution >= 4 is 17.8 Å². The van der Waals surface area contributed by atoms with Gasteiger partial charge in [-0.25, -0.2) is 9.37 Å². The van der Waals surface area contributed by atoms with E-state index in [0.717, 1.165) is 24.5 Å². The number of carbonyl (C=O) groups excluding carboxylic acids is 2. The number of hydrogen-bond acceptors (Lipinski definition) is 8. The number of aliphatic hydroxyl groups excluding tert-OH is 2. The van der Waals surface area contributed by atoms with Crippen LogP contribution in [-0.2, 0) is 20.9 Å². The predicted molar refractivity (Wildman–Crippen MR) is 129 cm³/mol. The van der Waals surface area contributed by atoms with Crippen LogP contribution in [0.4, 0.5) is 4.39 Å². The van der Waals surface area contributed by atoms with Gasteiger partial charge in [-0.05, 0) is 32.1 Å². The van der Waals surface area contributed by atoms with Crippen LogP contribution in [0, 0.1) is 17.3 Å². The lowest BCUT2D eigenvalue weighted by Crippen LogP contribution is -2.45. The zero-order valence-corrected chi connectivity index (χ0v) is 21.3. The maximum absolute atomic E-state index is 15.1. The molecule has 35 heavy (non-hydrogen) atoms. The molecule has 1 aromatic heterocycles. The van der Waals surface area contributed by atoms with Gasteiger partial charge in [0.15, 0.2) is 6.10 Å². The van der Waals surface area contributed by atoms with E-state index in [2.05, 4.69) is 4.98 Å². The number of cyclic esters (lactones) is 1. The summed E-state index contributed by atoms with van der Waals surface area (Å²) in [6.45, 7) is 8.58. The van der Waals surface area contributed by atoms with Gasteiger partial charge in [0.05, 0.1) is 30.6 Å². The minimum Gasteiger partial charge on any atom is -0.455 e. The lowest BCUT2D eigenvalue weighted by molar-refractivity contribution is -0.154. The highest BCUT2D eigenvalue weighted by molar-refractivity contribution is 5.88. The van der Waals surface area contributed by atoms with Crippen molar-refractivity contribution in [1.29, 1.82) is 0 Å². The van der Waals surface area contributed by atoms with Crippen LogP contribution in [0.25, 0.3) is 6.08 Å². The molecule has 0 saturated carbocycles. The zero-order chi connectivity index (χ0) is 26.3. The van der Waals surface area contributed by atoms with Crippen molar-refractivity contribution < 1.29 is 33.3 Å². The molecule has 0 unspecified atom stereocenters. The minimum absolute atomic E-state index is 0.0659. The Morgan fingerprint density at radius 2 is 2.00 bits per heavy atom. The highest BCUT2D eigenvalue weighted by atomic mass is 19.1. The molecule has 1 aromatic rings. The summed E-state index contributed by atoms with van der Waals surface area (Å²) in [6.07, 6.45) is 2.54. The highest BCUT2D eigenvalue weighted by Crippen LogP contribution is 2.32. The van der Waals surface area contributed by atoms with Crippen LogP contribution < -0.4 is 5.73 Å². The Bertz CT molecular complexity index is 938. The molecule has 0 amide bonds. The highest BCUT2D eigenvalue weighted by Gasteiger charge is 2.42. The van der Waals surface area contributed by atoms with Crippen LogP contribution in [0.1, 0.15) is 78.3 Å². The summed E-state index contributed by atoms with van der Waals surface area (Å²) >= 11 is 0. The van der Waals surface area contributed by atoms with Crippen molar-refractivity contribution in [2.45, 2.75) is 91.6 Å². The second kappa shape index (κ2) is 12.6. The maximum atomic E-state index is 15.1. The Morgan fingerprint density at radius 1 is 1.31 bits per heavy atom. The molecule has 0 aromatic carbocycles. The first-order chi connectivity index (χ1) is 16.4. The van der Waals surface area contributed by atoms with Gasteiger partial charge in [0.2, 0.25) is 5.89 Å². The Hall–Kier alpha value is -2.36. The summed E-state index contributed by atoms with van der Waals surface area (Å²) in [6, 6.07) is 0. The van der Waals surface area contributed by atoms with Crippen molar-refractivity contribution in [1.82, 2.24) is 4.98 Å². The molecule has 4 N–H and O–H groups in total. The summed E-state index contributed by atoms with van der Waals surface area (Å²) in [5.74, 6) is -2.50. The topological polar surface area (TPSA) is 136 Å². The van der Waals surface area contributed by atoms with Gasteiger partial charge in [0.25, 0.3) is 0 Å². The number of halogens is 1. The summed E-state index contributed by atoms with van der Waals surface area (Å²) in [7, 11) is 0. The van der Waals surface area contributed by atoms with E-state index in [1.165, 1.54) is 20.1 Å². The number of nitrogens with two attached hydrogens (primary N) is 1. The fraction of sp³-hybridized carbons (Fsp3) is 0.654. The van der Waals surface area contributed by atoms with E-state index < -0.39 is 47.9 Å². The third-order valence-corrected chi connectivity index (χ3v) is 6.86. The van der Waals surface area contributed by atoms with Gasteiger partial charge in [-0.1, -0.05) is 39.3 Å². The maximum Gasteiger partial charge on any atom is 0.309 e. The Balaban J connectivity index is 2.33. The number of allylic oxidation sites excluding steroid dienone is 1. The molecule has 0 fully saturated rings. The number of hydrogen-bond donors (Lipinski definition) is 3. The fourth-order valence-electron chi connectivity index (χ4n) is 4.24. The number of aliphatic hydroxyl groups is 2. The number of aromatic nitrogens is 1. The van der Waals surface area contributed by atoms with Gasteiger partial charge in [-0.15, -0.1) is 0 Å². The zero-order valence-electron chi connectivity index (χ0n) is 21.3. The van der Waals surface area contributed by atoms with Crippen LogP contribution in [-0.4, -0.2) is 45.3 Å². The van der Waals surface area contributed by atoms with E-state index in [4.69, 9.17) is 14.9 Å². The van der Waals surface area contributed by atoms with E-state index in [0.29, 0.717) is 6.42 Å². The third kappa shape index (κ3) is 7.81. The molecule has 0 radical (unpaired) electrons. The molecule has 1 aliphatic heterocycles. The van der Waals surface area contributed by atoms with Gasteiger partial charge in [-0.3, -0.25) is 9.59 Å². The van der Waals surface area contributed by atoms with Gasteiger partial charge in [0.1, 0.15) is 23.6 Å². The number of esters is 1. The first-order valence-corrected chi connectivity index (χ1v) is 12.1. The van der Waals surface area contributed by atoms with Crippen LogP contribution >= 0.6 is 0 Å².